The average Bonchev–Trinajstić information content (AvgIpc) is 3.37. The van der Waals surface area contributed by atoms with Gasteiger partial charge in [0, 0.05) is 45.1 Å². The van der Waals surface area contributed by atoms with Crippen molar-refractivity contribution < 1.29 is 9.59 Å². The molecular formula is C21H30N4O2. The molecule has 3 heterocycles. The number of carbonyl (C=O) groups excluding carboxylic acids is 2. The molecule has 2 saturated heterocycles. The quantitative estimate of drug-likeness (QED) is 0.832. The molecule has 0 radical (unpaired) electrons. The maximum Gasteiger partial charge on any atom is 0.227 e. The van der Waals surface area contributed by atoms with Gasteiger partial charge in [-0.15, -0.1) is 0 Å². The Hall–Kier alpha value is -2.08. The molecule has 0 aliphatic carbocycles. The first-order valence-electron chi connectivity index (χ1n) is 10.4. The van der Waals surface area contributed by atoms with Crippen LogP contribution < -0.4 is 15.1 Å². The van der Waals surface area contributed by atoms with Gasteiger partial charge in [0.25, 0.3) is 0 Å². The Balaban J connectivity index is 1.29. The molecule has 27 heavy (non-hydrogen) atoms. The van der Waals surface area contributed by atoms with Crippen LogP contribution in [0.3, 0.4) is 0 Å². The van der Waals surface area contributed by atoms with Crippen molar-refractivity contribution in [2.75, 3.05) is 49.1 Å². The maximum absolute atomic E-state index is 12.9. The molecule has 6 heteroatoms. The minimum Gasteiger partial charge on any atom is -0.365 e. The van der Waals surface area contributed by atoms with E-state index in [-0.39, 0.29) is 24.7 Å². The summed E-state index contributed by atoms with van der Waals surface area (Å²) in [4.78, 5) is 31.7. The third kappa shape index (κ3) is 4.10. The molecule has 0 spiro atoms. The SMILES string of the molecule is O=C(CCC(=O)N1CC2CCCN2c2ccccc21)NCCN1CCCC1. The van der Waals surface area contributed by atoms with Crippen LogP contribution in [-0.4, -0.2) is 62.0 Å². The van der Waals surface area contributed by atoms with Gasteiger partial charge in [-0.25, -0.2) is 0 Å². The zero-order valence-electron chi connectivity index (χ0n) is 16.0. The standard InChI is InChI=1S/C21H30N4O2/c26-20(22-11-15-23-12-3-4-13-23)9-10-21(27)25-16-17-6-5-14-24(17)18-7-1-2-8-19(18)25/h1-2,7-8,17H,3-6,9-16H2,(H,22,26). The number of nitrogens with one attached hydrogen (secondary N) is 1. The smallest absolute Gasteiger partial charge is 0.227 e. The predicted octanol–water partition coefficient (Wildman–Crippen LogP) is 1.99. The molecule has 0 bridgehead atoms. The lowest BCUT2D eigenvalue weighted by Crippen LogP contribution is -2.48. The number of benzene rings is 1. The van der Waals surface area contributed by atoms with Gasteiger partial charge < -0.3 is 20.0 Å². The minimum absolute atomic E-state index is 0.0182. The summed E-state index contributed by atoms with van der Waals surface area (Å²) in [6.45, 7) is 5.69. The molecule has 4 rings (SSSR count). The van der Waals surface area contributed by atoms with Crippen molar-refractivity contribution in [2.24, 2.45) is 0 Å². The van der Waals surface area contributed by atoms with Crippen molar-refractivity contribution in [3.63, 3.8) is 0 Å². The number of amides is 2. The Labute approximate surface area is 161 Å². The molecule has 0 aromatic heterocycles. The van der Waals surface area contributed by atoms with Crippen LogP contribution in [0.5, 0.6) is 0 Å². The van der Waals surface area contributed by atoms with Gasteiger partial charge in [-0.05, 0) is 50.9 Å². The molecule has 6 nitrogen and oxygen atoms in total. The molecule has 3 aliphatic heterocycles. The zero-order chi connectivity index (χ0) is 18.6. The summed E-state index contributed by atoms with van der Waals surface area (Å²) in [6.07, 6.45) is 5.38. The summed E-state index contributed by atoms with van der Waals surface area (Å²) in [6, 6.07) is 8.57. The molecule has 3 aliphatic rings. The maximum atomic E-state index is 12.9. The van der Waals surface area contributed by atoms with Crippen LogP contribution in [0, 0.1) is 0 Å². The van der Waals surface area contributed by atoms with Gasteiger partial charge in [-0.3, -0.25) is 9.59 Å². The number of carbonyl (C=O) groups is 2. The highest BCUT2D eigenvalue weighted by molar-refractivity contribution is 5.99. The third-order valence-corrected chi connectivity index (χ3v) is 6.07. The van der Waals surface area contributed by atoms with E-state index in [1.165, 1.54) is 19.3 Å². The highest BCUT2D eigenvalue weighted by atomic mass is 16.2. The number of hydrogen-bond donors (Lipinski definition) is 1. The van der Waals surface area contributed by atoms with Gasteiger partial charge in [-0.2, -0.15) is 0 Å². The Kier molecular flexibility index (Phi) is 5.62. The first kappa shape index (κ1) is 18.3. The molecule has 146 valence electrons. The zero-order valence-corrected chi connectivity index (χ0v) is 16.0. The average molecular weight is 370 g/mol. The molecule has 1 unspecified atom stereocenters. The van der Waals surface area contributed by atoms with Crippen molar-refractivity contribution in [3.05, 3.63) is 24.3 Å². The Morgan fingerprint density at radius 3 is 2.59 bits per heavy atom. The van der Waals surface area contributed by atoms with Crippen LogP contribution in [0.2, 0.25) is 0 Å². The summed E-state index contributed by atoms with van der Waals surface area (Å²) in [5, 5.41) is 2.96. The fourth-order valence-corrected chi connectivity index (χ4v) is 4.63. The predicted molar refractivity (Wildman–Crippen MR) is 107 cm³/mol. The Morgan fingerprint density at radius 2 is 1.78 bits per heavy atom. The number of para-hydroxylation sites is 2. The van der Waals surface area contributed by atoms with Gasteiger partial charge in [0.1, 0.15) is 0 Å². The van der Waals surface area contributed by atoms with Crippen molar-refractivity contribution >= 4 is 23.2 Å². The first-order valence-corrected chi connectivity index (χ1v) is 10.4. The number of hydrogen-bond acceptors (Lipinski definition) is 4. The minimum atomic E-state index is -0.0182. The molecule has 2 amide bonds. The summed E-state index contributed by atoms with van der Waals surface area (Å²) in [5.74, 6) is 0.0408. The lowest BCUT2D eigenvalue weighted by molar-refractivity contribution is -0.125. The van der Waals surface area contributed by atoms with Crippen LogP contribution >= 0.6 is 0 Å². The van der Waals surface area contributed by atoms with E-state index in [0.29, 0.717) is 12.6 Å². The fraction of sp³-hybridized carbons (Fsp3) is 0.619. The summed E-state index contributed by atoms with van der Waals surface area (Å²) in [5.41, 5.74) is 2.16. The number of likely N-dealkylation sites (tertiary alicyclic amines) is 1. The number of anilines is 2. The lowest BCUT2D eigenvalue weighted by Gasteiger charge is -2.40. The number of nitrogens with zero attached hydrogens (tertiary/aromatic N) is 3. The van der Waals surface area contributed by atoms with Crippen molar-refractivity contribution in [1.82, 2.24) is 10.2 Å². The molecule has 1 atom stereocenters. The summed E-state index contributed by atoms with van der Waals surface area (Å²) < 4.78 is 0. The number of rotatable bonds is 6. The van der Waals surface area contributed by atoms with Gasteiger partial charge in [0.05, 0.1) is 11.4 Å². The van der Waals surface area contributed by atoms with E-state index in [9.17, 15) is 9.59 Å². The van der Waals surface area contributed by atoms with Gasteiger partial charge in [0.2, 0.25) is 11.8 Å². The molecule has 0 saturated carbocycles. The highest BCUT2D eigenvalue weighted by Gasteiger charge is 2.35. The molecule has 1 aromatic carbocycles. The largest absolute Gasteiger partial charge is 0.365 e. The van der Waals surface area contributed by atoms with Crippen LogP contribution in [0.15, 0.2) is 24.3 Å². The summed E-state index contributed by atoms with van der Waals surface area (Å²) in [7, 11) is 0. The normalized spacial score (nSPS) is 21.9. The van der Waals surface area contributed by atoms with Gasteiger partial charge in [-0.1, -0.05) is 12.1 Å². The molecule has 2 fully saturated rings. The van der Waals surface area contributed by atoms with Gasteiger partial charge in [0.15, 0.2) is 0 Å². The van der Waals surface area contributed by atoms with E-state index < -0.39 is 0 Å². The van der Waals surface area contributed by atoms with E-state index in [2.05, 4.69) is 21.2 Å². The second kappa shape index (κ2) is 8.30. The fourth-order valence-electron chi connectivity index (χ4n) is 4.63. The van der Waals surface area contributed by atoms with E-state index in [1.807, 2.05) is 23.1 Å². The van der Waals surface area contributed by atoms with E-state index in [1.54, 1.807) is 0 Å². The Morgan fingerprint density at radius 1 is 1.00 bits per heavy atom. The second-order valence-electron chi connectivity index (χ2n) is 7.88. The van der Waals surface area contributed by atoms with Crippen molar-refractivity contribution in [3.8, 4) is 0 Å². The molecule has 1 N–H and O–H groups in total. The Bertz CT molecular complexity index is 687. The van der Waals surface area contributed by atoms with E-state index in [0.717, 1.165) is 50.5 Å². The van der Waals surface area contributed by atoms with Crippen LogP contribution in [0.25, 0.3) is 0 Å². The molecular weight excluding hydrogens is 340 g/mol. The highest BCUT2D eigenvalue weighted by Crippen LogP contribution is 2.39. The monoisotopic (exact) mass is 370 g/mol. The van der Waals surface area contributed by atoms with E-state index in [4.69, 9.17) is 0 Å². The lowest BCUT2D eigenvalue weighted by atomic mass is 10.1. The van der Waals surface area contributed by atoms with Crippen molar-refractivity contribution in [2.45, 2.75) is 44.6 Å². The summed E-state index contributed by atoms with van der Waals surface area (Å²) >= 11 is 0. The third-order valence-electron chi connectivity index (χ3n) is 6.07. The van der Waals surface area contributed by atoms with Crippen LogP contribution in [0.4, 0.5) is 11.4 Å². The van der Waals surface area contributed by atoms with Crippen LogP contribution in [-0.2, 0) is 9.59 Å². The number of fused-ring (bicyclic) bond motifs is 3. The van der Waals surface area contributed by atoms with E-state index >= 15 is 0 Å². The molecule has 1 aromatic rings. The first-order chi connectivity index (χ1) is 13.2. The topological polar surface area (TPSA) is 55.9 Å². The van der Waals surface area contributed by atoms with Crippen LogP contribution in [0.1, 0.15) is 38.5 Å². The second-order valence-corrected chi connectivity index (χ2v) is 7.88. The van der Waals surface area contributed by atoms with Crippen molar-refractivity contribution in [1.29, 1.82) is 0 Å². The van der Waals surface area contributed by atoms with Gasteiger partial charge >= 0.3 is 0 Å².